The van der Waals surface area contributed by atoms with Crippen LogP contribution < -0.4 is 0 Å². The highest BCUT2D eigenvalue weighted by Gasteiger charge is 2.15. The van der Waals surface area contributed by atoms with Crippen LogP contribution in [-0.4, -0.2) is 19.0 Å². The molecule has 1 nitrogen and oxygen atoms in total. The Labute approximate surface area is 98.0 Å². The molecule has 1 aromatic rings. The summed E-state index contributed by atoms with van der Waals surface area (Å²) in [5.41, 5.74) is 2.65. The quantitative estimate of drug-likeness (QED) is 0.547. The van der Waals surface area contributed by atoms with E-state index in [9.17, 15) is 0 Å². The number of rotatable bonds is 2. The van der Waals surface area contributed by atoms with Crippen LogP contribution in [0.2, 0.25) is 0 Å². The Kier molecular flexibility index (Phi) is 3.80. The molecule has 1 unspecified atom stereocenters. The van der Waals surface area contributed by atoms with E-state index >= 15 is 0 Å². The molecule has 0 N–H and O–H groups in total. The molecule has 1 aromatic carbocycles. The van der Waals surface area contributed by atoms with Crippen molar-refractivity contribution in [2.24, 2.45) is 0 Å². The van der Waals surface area contributed by atoms with E-state index in [1.165, 1.54) is 5.56 Å². The Morgan fingerprint density at radius 1 is 1.07 bits per heavy atom. The van der Waals surface area contributed by atoms with Gasteiger partial charge in [0, 0.05) is 0 Å². The van der Waals surface area contributed by atoms with E-state index in [0.29, 0.717) is 0 Å². The number of halogens is 1. The van der Waals surface area contributed by atoms with Gasteiger partial charge in [-0.3, -0.25) is 4.90 Å². The van der Waals surface area contributed by atoms with Crippen LogP contribution in [0.15, 0.2) is 24.3 Å². The predicted molar refractivity (Wildman–Crippen MR) is 67.4 cm³/mol. The number of hydrogen-bond acceptors (Lipinski definition) is 1. The van der Waals surface area contributed by atoms with Crippen molar-refractivity contribution >= 4 is 11.6 Å². The largest absolute Gasteiger partial charge is 0.290 e. The summed E-state index contributed by atoms with van der Waals surface area (Å²) in [6.45, 7) is 6.64. The maximum absolute atomic E-state index is 6.23. The molecular weight excluding hydrogens is 206 g/mol. The highest BCUT2D eigenvalue weighted by molar-refractivity contribution is 6.20. The van der Waals surface area contributed by atoms with E-state index in [1.54, 1.807) is 0 Å². The van der Waals surface area contributed by atoms with Crippen LogP contribution in [0, 0.1) is 0 Å². The normalized spacial score (nSPS) is 14.3. The maximum Gasteiger partial charge on any atom is 0.110 e. The molecule has 84 valence electrons. The van der Waals surface area contributed by atoms with Crippen molar-refractivity contribution in [3.63, 3.8) is 0 Å². The Bertz CT molecular complexity index is 308. The second-order valence-electron chi connectivity index (χ2n) is 5.17. The smallest absolute Gasteiger partial charge is 0.110 e. The average Bonchev–Trinajstić information content (AvgIpc) is 2.15. The first-order valence-electron chi connectivity index (χ1n) is 5.23. The summed E-state index contributed by atoms with van der Waals surface area (Å²) in [4.78, 5) is 1.99. The molecule has 0 saturated heterocycles. The number of alkyl halides is 1. The van der Waals surface area contributed by atoms with Gasteiger partial charge in [-0.05, 0) is 30.6 Å². The molecule has 15 heavy (non-hydrogen) atoms. The summed E-state index contributed by atoms with van der Waals surface area (Å²) in [6, 6.07) is 8.54. The summed E-state index contributed by atoms with van der Waals surface area (Å²) in [7, 11) is 3.96. The lowest BCUT2D eigenvalue weighted by molar-refractivity contribution is 0.384. The highest BCUT2D eigenvalue weighted by atomic mass is 35.5. The topological polar surface area (TPSA) is 3.24 Å². The lowest BCUT2D eigenvalue weighted by Crippen LogP contribution is -2.15. The zero-order valence-corrected chi connectivity index (χ0v) is 11.0. The van der Waals surface area contributed by atoms with E-state index < -0.39 is 0 Å². The van der Waals surface area contributed by atoms with Crippen LogP contribution in [-0.2, 0) is 5.41 Å². The summed E-state index contributed by atoms with van der Waals surface area (Å²) in [5, 5.41) is 0. The summed E-state index contributed by atoms with van der Waals surface area (Å²) in [5.74, 6) is 0. The summed E-state index contributed by atoms with van der Waals surface area (Å²) >= 11 is 6.23. The van der Waals surface area contributed by atoms with E-state index in [1.807, 2.05) is 19.0 Å². The minimum absolute atomic E-state index is 0.0426. The first-order valence-corrected chi connectivity index (χ1v) is 5.67. The Morgan fingerprint density at radius 2 is 1.53 bits per heavy atom. The standard InChI is InChI=1S/C13H20ClN/c1-13(2,3)11-8-6-10(7-9-11)12(14)15(4)5/h6-9,12H,1-5H3. The first kappa shape index (κ1) is 12.5. The van der Waals surface area contributed by atoms with Crippen LogP contribution in [0.25, 0.3) is 0 Å². The molecular formula is C13H20ClN. The number of nitrogens with zero attached hydrogens (tertiary/aromatic N) is 1. The molecule has 0 bridgehead atoms. The Morgan fingerprint density at radius 3 is 1.87 bits per heavy atom. The van der Waals surface area contributed by atoms with Crippen molar-refractivity contribution in [3.05, 3.63) is 35.4 Å². The van der Waals surface area contributed by atoms with Gasteiger partial charge in [-0.25, -0.2) is 0 Å². The van der Waals surface area contributed by atoms with Crippen molar-refractivity contribution < 1.29 is 0 Å². The third-order valence-electron chi connectivity index (χ3n) is 2.51. The number of hydrogen-bond donors (Lipinski definition) is 0. The van der Waals surface area contributed by atoms with Crippen LogP contribution >= 0.6 is 11.6 Å². The van der Waals surface area contributed by atoms with Gasteiger partial charge in [-0.2, -0.15) is 0 Å². The Hall–Kier alpha value is -0.530. The fourth-order valence-corrected chi connectivity index (χ4v) is 1.59. The second kappa shape index (κ2) is 4.54. The molecule has 0 aliphatic rings. The minimum Gasteiger partial charge on any atom is -0.290 e. The van der Waals surface area contributed by atoms with Gasteiger partial charge in [0.2, 0.25) is 0 Å². The summed E-state index contributed by atoms with van der Waals surface area (Å²) < 4.78 is 0. The lowest BCUT2D eigenvalue weighted by Gasteiger charge is -2.21. The maximum atomic E-state index is 6.23. The fourth-order valence-electron chi connectivity index (χ4n) is 1.44. The van der Waals surface area contributed by atoms with E-state index in [0.717, 1.165) is 5.56 Å². The van der Waals surface area contributed by atoms with E-state index in [2.05, 4.69) is 45.0 Å². The average molecular weight is 226 g/mol. The minimum atomic E-state index is -0.0426. The molecule has 0 amide bonds. The third-order valence-corrected chi connectivity index (χ3v) is 3.15. The van der Waals surface area contributed by atoms with Gasteiger partial charge in [-0.1, -0.05) is 45.0 Å². The van der Waals surface area contributed by atoms with Crippen molar-refractivity contribution in [1.29, 1.82) is 0 Å². The van der Waals surface area contributed by atoms with Crippen molar-refractivity contribution in [1.82, 2.24) is 4.90 Å². The zero-order chi connectivity index (χ0) is 11.6. The molecule has 1 rings (SSSR count). The van der Waals surface area contributed by atoms with Crippen LogP contribution in [0.5, 0.6) is 0 Å². The molecule has 0 aromatic heterocycles. The SMILES string of the molecule is CN(C)C(Cl)c1ccc(C(C)(C)C)cc1. The Balaban J connectivity index is 2.91. The van der Waals surface area contributed by atoms with Gasteiger partial charge in [-0.15, -0.1) is 11.6 Å². The van der Waals surface area contributed by atoms with Gasteiger partial charge in [0.25, 0.3) is 0 Å². The van der Waals surface area contributed by atoms with Crippen LogP contribution in [0.1, 0.15) is 37.4 Å². The van der Waals surface area contributed by atoms with Crippen LogP contribution in [0.3, 0.4) is 0 Å². The van der Waals surface area contributed by atoms with Gasteiger partial charge in [0.1, 0.15) is 5.50 Å². The number of benzene rings is 1. The first-order chi connectivity index (χ1) is 6.82. The van der Waals surface area contributed by atoms with Gasteiger partial charge < -0.3 is 0 Å². The highest BCUT2D eigenvalue weighted by Crippen LogP contribution is 2.26. The molecule has 1 atom stereocenters. The fraction of sp³-hybridized carbons (Fsp3) is 0.538. The summed E-state index contributed by atoms with van der Waals surface area (Å²) in [6.07, 6.45) is 0. The van der Waals surface area contributed by atoms with Gasteiger partial charge in [0.05, 0.1) is 0 Å². The van der Waals surface area contributed by atoms with Crippen LogP contribution in [0.4, 0.5) is 0 Å². The second-order valence-corrected chi connectivity index (χ2v) is 5.58. The molecule has 0 aliphatic heterocycles. The van der Waals surface area contributed by atoms with Gasteiger partial charge in [0.15, 0.2) is 0 Å². The lowest BCUT2D eigenvalue weighted by atomic mass is 9.87. The molecule has 0 fully saturated rings. The van der Waals surface area contributed by atoms with Crippen molar-refractivity contribution in [2.75, 3.05) is 14.1 Å². The molecule has 0 aliphatic carbocycles. The third kappa shape index (κ3) is 3.22. The molecule has 0 radical (unpaired) electrons. The zero-order valence-electron chi connectivity index (χ0n) is 10.2. The van der Waals surface area contributed by atoms with Gasteiger partial charge >= 0.3 is 0 Å². The predicted octanol–water partition coefficient (Wildman–Crippen LogP) is 3.78. The van der Waals surface area contributed by atoms with Crippen molar-refractivity contribution in [2.45, 2.75) is 31.7 Å². The van der Waals surface area contributed by atoms with E-state index in [4.69, 9.17) is 11.6 Å². The van der Waals surface area contributed by atoms with E-state index in [-0.39, 0.29) is 10.9 Å². The monoisotopic (exact) mass is 225 g/mol. The molecule has 0 saturated carbocycles. The molecule has 0 heterocycles. The molecule has 2 heteroatoms. The molecule has 0 spiro atoms. The van der Waals surface area contributed by atoms with Crippen molar-refractivity contribution in [3.8, 4) is 0 Å².